The van der Waals surface area contributed by atoms with Crippen LogP contribution in [-0.2, 0) is 38.2 Å². The Morgan fingerprint density at radius 3 is 2.24 bits per heavy atom. The molecule has 3 rings (SSSR count). The fourth-order valence-corrected chi connectivity index (χ4v) is 5.27. The Bertz CT molecular complexity index is 883. The van der Waals surface area contributed by atoms with Gasteiger partial charge in [-0.05, 0) is 39.5 Å². The first-order valence-electron chi connectivity index (χ1n) is 13.3. The fourth-order valence-electron chi connectivity index (χ4n) is 5.27. The van der Waals surface area contributed by atoms with Crippen LogP contribution in [0.5, 0.6) is 0 Å². The maximum absolute atomic E-state index is 13.6. The zero-order chi connectivity index (χ0) is 27.8. The summed E-state index contributed by atoms with van der Waals surface area (Å²) >= 11 is 0. The summed E-state index contributed by atoms with van der Waals surface area (Å²) in [4.78, 5) is 67.7. The Morgan fingerprint density at radius 2 is 1.58 bits per heavy atom. The third-order valence-electron chi connectivity index (χ3n) is 7.36. The van der Waals surface area contributed by atoms with E-state index in [0.29, 0.717) is 32.2 Å². The molecule has 0 unspecified atom stereocenters. The first kappa shape index (κ1) is 29.9. The third kappa shape index (κ3) is 7.49. The van der Waals surface area contributed by atoms with Crippen molar-refractivity contribution in [3.05, 3.63) is 0 Å². The van der Waals surface area contributed by atoms with Gasteiger partial charge in [0, 0.05) is 19.5 Å². The summed E-state index contributed by atoms with van der Waals surface area (Å²) in [5, 5.41) is 12.8. The summed E-state index contributed by atoms with van der Waals surface area (Å²) in [5.74, 6) is -3.32. The van der Waals surface area contributed by atoms with Crippen molar-refractivity contribution >= 4 is 29.4 Å². The molecule has 3 aliphatic rings. The van der Waals surface area contributed by atoms with E-state index in [9.17, 15) is 29.1 Å². The Balaban J connectivity index is 1.83. The number of fused-ring (bicyclic) bond motifs is 2. The lowest BCUT2D eigenvalue weighted by molar-refractivity contribution is -0.149. The first-order valence-corrected chi connectivity index (χ1v) is 13.3. The van der Waals surface area contributed by atoms with E-state index in [-0.39, 0.29) is 57.7 Å². The largest absolute Gasteiger partial charge is 0.391 e. The number of nitrogens with one attached hydrogen (secondary N) is 1. The lowest BCUT2D eigenvalue weighted by atomic mass is 9.92. The van der Waals surface area contributed by atoms with E-state index >= 15 is 0 Å². The van der Waals surface area contributed by atoms with E-state index in [1.54, 1.807) is 6.92 Å². The van der Waals surface area contributed by atoms with Gasteiger partial charge in [0.2, 0.25) is 23.6 Å². The van der Waals surface area contributed by atoms with Crippen molar-refractivity contribution in [2.24, 2.45) is 11.7 Å². The fraction of sp³-hybridized carbons (Fsp3) is 0.800. The molecule has 214 valence electrons. The van der Waals surface area contributed by atoms with Gasteiger partial charge in [0.15, 0.2) is 5.78 Å². The molecule has 6 atom stereocenters. The summed E-state index contributed by atoms with van der Waals surface area (Å²) in [6.45, 7) is 3.99. The maximum Gasteiger partial charge on any atom is 0.248 e. The van der Waals surface area contributed by atoms with Crippen LogP contribution < -0.4 is 11.1 Å². The van der Waals surface area contributed by atoms with Crippen molar-refractivity contribution in [2.45, 2.75) is 76.3 Å². The van der Waals surface area contributed by atoms with Gasteiger partial charge in [-0.3, -0.25) is 24.0 Å². The van der Waals surface area contributed by atoms with Gasteiger partial charge in [-0.2, -0.15) is 0 Å². The van der Waals surface area contributed by atoms with E-state index in [1.807, 2.05) is 0 Å². The van der Waals surface area contributed by atoms with E-state index in [2.05, 4.69) is 5.32 Å². The normalized spacial score (nSPS) is 32.2. The third-order valence-corrected chi connectivity index (χ3v) is 7.36. The molecule has 13 nitrogen and oxygen atoms in total. The van der Waals surface area contributed by atoms with E-state index < -0.39 is 54.0 Å². The highest BCUT2D eigenvalue weighted by Gasteiger charge is 2.44. The summed E-state index contributed by atoms with van der Waals surface area (Å²) in [5.41, 5.74) is 5.59. The van der Waals surface area contributed by atoms with Crippen LogP contribution in [0.25, 0.3) is 0 Å². The van der Waals surface area contributed by atoms with Crippen molar-refractivity contribution in [3.8, 4) is 0 Å². The molecule has 0 radical (unpaired) electrons. The van der Waals surface area contributed by atoms with Crippen LogP contribution in [0.15, 0.2) is 0 Å². The highest BCUT2D eigenvalue weighted by atomic mass is 16.5. The van der Waals surface area contributed by atoms with Gasteiger partial charge in [-0.25, -0.2) is 0 Å². The highest BCUT2D eigenvalue weighted by Crippen LogP contribution is 2.28. The molecule has 3 aliphatic heterocycles. The Hall–Kier alpha value is -2.61. The summed E-state index contributed by atoms with van der Waals surface area (Å²) < 4.78 is 16.4. The average Bonchev–Trinajstić information content (AvgIpc) is 3.55. The molecule has 0 aromatic rings. The van der Waals surface area contributed by atoms with Gasteiger partial charge < -0.3 is 40.2 Å². The number of aliphatic hydroxyl groups is 1. The molecule has 0 aliphatic carbocycles. The maximum atomic E-state index is 13.6. The lowest BCUT2D eigenvalue weighted by Gasteiger charge is -2.34. The van der Waals surface area contributed by atoms with Gasteiger partial charge in [-0.1, -0.05) is 0 Å². The minimum atomic E-state index is -1.25. The Kier molecular flexibility index (Phi) is 11.0. The second kappa shape index (κ2) is 14.0. The monoisotopic (exact) mass is 540 g/mol. The average molecular weight is 541 g/mol. The summed E-state index contributed by atoms with van der Waals surface area (Å²) in [6.07, 6.45) is 0.0215. The SMILES string of the molecule is C[C@@H](O)[C@@H]1NC(=O)COCCOCCO[C@H](C)[C@@H](C(N)=O)CC(=O)[C@@H]2CCCN2C(=O)[C@@H]2CCCN2C1=O. The molecule has 3 heterocycles. The predicted octanol–water partition coefficient (Wildman–Crippen LogP) is -1.65. The van der Waals surface area contributed by atoms with Crippen LogP contribution in [-0.4, -0.2) is 121 Å². The van der Waals surface area contributed by atoms with Crippen molar-refractivity contribution in [3.63, 3.8) is 0 Å². The zero-order valence-electron chi connectivity index (χ0n) is 22.1. The number of ketones is 1. The van der Waals surface area contributed by atoms with Crippen molar-refractivity contribution in [1.82, 2.24) is 15.1 Å². The number of nitrogens with zero attached hydrogens (tertiary/aromatic N) is 2. The second-order valence-electron chi connectivity index (χ2n) is 10.1. The number of carbonyl (C=O) groups excluding carboxylic acids is 5. The number of carbonyl (C=O) groups is 5. The number of amides is 4. The minimum Gasteiger partial charge on any atom is -0.391 e. The Morgan fingerprint density at radius 1 is 0.974 bits per heavy atom. The lowest BCUT2D eigenvalue weighted by Crippen LogP contribution is -2.58. The second-order valence-corrected chi connectivity index (χ2v) is 10.1. The van der Waals surface area contributed by atoms with Crippen LogP contribution in [0.4, 0.5) is 0 Å². The number of nitrogens with two attached hydrogens (primary N) is 1. The van der Waals surface area contributed by atoms with E-state index in [0.717, 1.165) is 0 Å². The van der Waals surface area contributed by atoms with Crippen molar-refractivity contribution in [1.29, 1.82) is 0 Å². The molecule has 0 saturated carbocycles. The van der Waals surface area contributed by atoms with Crippen LogP contribution >= 0.6 is 0 Å². The molecular formula is C25H40N4O9. The smallest absolute Gasteiger partial charge is 0.248 e. The van der Waals surface area contributed by atoms with Gasteiger partial charge in [-0.15, -0.1) is 0 Å². The number of hydrogen-bond acceptors (Lipinski definition) is 9. The standard InChI is InChI=1S/C25H40N4O9/c1-15(30)22-25(35)29-8-4-6-19(29)24(34)28-7-3-5-18(28)20(31)13-17(23(26)33)16(2)38-12-11-36-9-10-37-14-21(32)27-22/h15-19,22,30H,3-14H2,1-2H3,(H2,26,33)(H,27,32)/t15-,16-,17+,18+,19+,22+/m1/s1. The van der Waals surface area contributed by atoms with Crippen LogP contribution in [0.2, 0.25) is 0 Å². The number of aliphatic hydroxyl groups excluding tert-OH is 1. The molecule has 0 aromatic carbocycles. The van der Waals surface area contributed by atoms with E-state index in [4.69, 9.17) is 19.9 Å². The van der Waals surface area contributed by atoms with Crippen LogP contribution in [0.3, 0.4) is 0 Å². The topological polar surface area (TPSA) is 178 Å². The Labute approximate surface area is 222 Å². The molecule has 0 bridgehead atoms. The van der Waals surface area contributed by atoms with Crippen LogP contribution in [0.1, 0.15) is 46.0 Å². The summed E-state index contributed by atoms with van der Waals surface area (Å²) in [7, 11) is 0. The molecule has 4 amide bonds. The first-order chi connectivity index (χ1) is 18.1. The molecule has 4 N–H and O–H groups in total. The van der Waals surface area contributed by atoms with Crippen LogP contribution in [0, 0.1) is 5.92 Å². The molecule has 38 heavy (non-hydrogen) atoms. The quantitative estimate of drug-likeness (QED) is 0.370. The van der Waals surface area contributed by atoms with E-state index in [1.165, 1.54) is 16.7 Å². The molecule has 0 aromatic heterocycles. The predicted molar refractivity (Wildman–Crippen MR) is 132 cm³/mol. The number of Topliss-reactive ketones (excluding diaryl/α,β-unsaturated/α-hetero) is 1. The molecule has 13 heteroatoms. The molecule has 3 fully saturated rings. The molecule has 0 spiro atoms. The zero-order valence-corrected chi connectivity index (χ0v) is 22.1. The molecular weight excluding hydrogens is 500 g/mol. The van der Waals surface area contributed by atoms with Crippen molar-refractivity contribution < 1.29 is 43.3 Å². The summed E-state index contributed by atoms with van der Waals surface area (Å²) in [6, 6.07) is -2.79. The van der Waals surface area contributed by atoms with Gasteiger partial charge in [0.1, 0.15) is 18.7 Å². The minimum absolute atomic E-state index is 0.106. The number of primary amides is 1. The van der Waals surface area contributed by atoms with Crippen molar-refractivity contribution in [2.75, 3.05) is 46.1 Å². The molecule has 3 saturated heterocycles. The van der Waals surface area contributed by atoms with Gasteiger partial charge in [0.25, 0.3) is 0 Å². The van der Waals surface area contributed by atoms with Gasteiger partial charge in [0.05, 0.1) is 50.6 Å². The van der Waals surface area contributed by atoms with Gasteiger partial charge >= 0.3 is 0 Å². The number of rotatable bonds is 2. The number of ether oxygens (including phenoxy) is 3. The number of hydrogen-bond donors (Lipinski definition) is 3. The highest BCUT2D eigenvalue weighted by molar-refractivity contribution is 5.96.